The van der Waals surface area contributed by atoms with Crippen LogP contribution in [0.25, 0.3) is 11.1 Å². The molecule has 0 unspecified atom stereocenters. The number of rotatable bonds is 9. The maximum Gasteiger partial charge on any atom is 0.337 e. The second-order valence-electron chi connectivity index (χ2n) is 13.9. The molecule has 0 radical (unpaired) electrons. The van der Waals surface area contributed by atoms with Gasteiger partial charge in [0.15, 0.2) is 6.10 Å². The van der Waals surface area contributed by atoms with Crippen molar-refractivity contribution in [3.8, 4) is 16.9 Å². The number of carbonyl (C=O) groups is 1. The third kappa shape index (κ3) is 8.01. The smallest absolute Gasteiger partial charge is 0.337 e. The number of aliphatic carboxylic acids is 1. The van der Waals surface area contributed by atoms with E-state index in [0.29, 0.717) is 17.9 Å². The van der Waals surface area contributed by atoms with Crippen molar-refractivity contribution in [2.24, 2.45) is 11.3 Å². The van der Waals surface area contributed by atoms with Crippen molar-refractivity contribution >= 4 is 11.7 Å². The fourth-order valence-corrected chi connectivity index (χ4v) is 6.05. The molecule has 2 aliphatic heterocycles. The highest BCUT2D eigenvalue weighted by molar-refractivity contribution is 5.88. The van der Waals surface area contributed by atoms with Gasteiger partial charge in [-0.1, -0.05) is 32.9 Å². The highest BCUT2D eigenvalue weighted by atomic mass is 16.5. The highest BCUT2D eigenvalue weighted by Gasteiger charge is 2.36. The summed E-state index contributed by atoms with van der Waals surface area (Å²) < 4.78 is 12.3. The molecule has 1 aromatic heterocycles. The molecule has 0 spiro atoms. The Balaban J connectivity index is 1.67. The van der Waals surface area contributed by atoms with E-state index >= 15 is 0 Å². The lowest BCUT2D eigenvalue weighted by Crippen LogP contribution is -2.39. The lowest BCUT2D eigenvalue weighted by atomic mass is 9.82. The second-order valence-corrected chi connectivity index (χ2v) is 13.9. The van der Waals surface area contributed by atoms with Crippen molar-refractivity contribution in [1.82, 2.24) is 9.88 Å². The number of hydrogen-bond acceptors (Lipinski definition) is 6. The number of likely N-dealkylation sites (tertiary alicyclic amines) is 1. The van der Waals surface area contributed by atoms with Gasteiger partial charge in [0.2, 0.25) is 0 Å². The van der Waals surface area contributed by atoms with Crippen molar-refractivity contribution in [3.63, 3.8) is 0 Å². The number of carboxylic acids is 1. The summed E-state index contributed by atoms with van der Waals surface area (Å²) >= 11 is 0. The van der Waals surface area contributed by atoms with Crippen LogP contribution in [-0.2, 0) is 9.53 Å². The Labute approximate surface area is 247 Å². The fourth-order valence-electron chi connectivity index (χ4n) is 6.05. The zero-order valence-corrected chi connectivity index (χ0v) is 26.5. The van der Waals surface area contributed by atoms with E-state index in [1.54, 1.807) is 0 Å². The predicted octanol–water partition coefficient (Wildman–Crippen LogP) is 7.04. The van der Waals surface area contributed by atoms with Gasteiger partial charge < -0.3 is 19.5 Å². The van der Waals surface area contributed by atoms with Crippen molar-refractivity contribution in [3.05, 3.63) is 41.2 Å². The molecule has 3 heterocycles. The number of benzene rings is 1. The first-order valence-corrected chi connectivity index (χ1v) is 15.4. The highest BCUT2D eigenvalue weighted by Crippen LogP contribution is 2.45. The van der Waals surface area contributed by atoms with Crippen LogP contribution in [0.5, 0.6) is 5.75 Å². The number of anilines is 1. The number of aromatic nitrogens is 1. The summed E-state index contributed by atoms with van der Waals surface area (Å²) in [7, 11) is 0. The molecule has 1 atom stereocenters. The predicted molar refractivity (Wildman–Crippen MR) is 166 cm³/mol. The average Bonchev–Trinajstić information content (AvgIpc) is 2.88. The van der Waals surface area contributed by atoms with Crippen LogP contribution in [0.1, 0.15) is 90.3 Å². The van der Waals surface area contributed by atoms with Crippen molar-refractivity contribution in [1.29, 1.82) is 0 Å². The Morgan fingerprint density at radius 3 is 2.22 bits per heavy atom. The lowest BCUT2D eigenvalue weighted by molar-refractivity contribution is -0.160. The van der Waals surface area contributed by atoms with E-state index in [1.807, 2.05) is 46.8 Å². The van der Waals surface area contributed by atoms with E-state index in [9.17, 15) is 9.90 Å². The van der Waals surface area contributed by atoms with E-state index in [0.717, 1.165) is 79.7 Å². The van der Waals surface area contributed by atoms with Gasteiger partial charge in [0.25, 0.3) is 0 Å². The zero-order valence-electron chi connectivity index (χ0n) is 26.5. The summed E-state index contributed by atoms with van der Waals surface area (Å²) in [6, 6.07) is 8.21. The molecular weight excluding hydrogens is 514 g/mol. The molecule has 0 bridgehead atoms. The first-order chi connectivity index (χ1) is 19.2. The minimum absolute atomic E-state index is 0.257. The van der Waals surface area contributed by atoms with Crippen LogP contribution in [-0.4, -0.2) is 65.9 Å². The third-order valence-corrected chi connectivity index (χ3v) is 8.67. The van der Waals surface area contributed by atoms with E-state index in [2.05, 4.69) is 42.7 Å². The molecule has 4 rings (SSSR count). The van der Waals surface area contributed by atoms with Crippen LogP contribution in [0, 0.1) is 25.2 Å². The number of carboxylic acid groups (broad SMARTS) is 1. The first-order valence-electron chi connectivity index (χ1n) is 15.4. The largest absolute Gasteiger partial charge is 0.492 e. The van der Waals surface area contributed by atoms with Gasteiger partial charge in [-0.25, -0.2) is 4.79 Å². The molecule has 1 N–H and O–H groups in total. The molecular formula is C34H51N3O4. The summed E-state index contributed by atoms with van der Waals surface area (Å²) in [5.41, 5.74) is 4.80. The van der Waals surface area contributed by atoms with Gasteiger partial charge in [-0.2, -0.15) is 0 Å². The minimum atomic E-state index is -1.12. The van der Waals surface area contributed by atoms with Gasteiger partial charge in [0.05, 0.1) is 11.3 Å². The maximum atomic E-state index is 12.7. The molecule has 1 aromatic carbocycles. The average molecular weight is 566 g/mol. The SMILES string of the molecule is Cc1nc(C)c([C@H](OC(C)(C)C)C(=O)O)c(N2CCC(C)(C)CC2)c1-c1ccc(OCCN2CCC(C)CC2)cc1. The number of hydrogen-bond donors (Lipinski definition) is 1. The van der Waals surface area contributed by atoms with Gasteiger partial charge in [-0.15, -0.1) is 0 Å². The molecule has 7 heteroatoms. The quantitative estimate of drug-likeness (QED) is 0.349. The summed E-state index contributed by atoms with van der Waals surface area (Å²) in [5.74, 6) is 0.676. The van der Waals surface area contributed by atoms with E-state index in [4.69, 9.17) is 14.5 Å². The number of ether oxygens (including phenoxy) is 2. The Morgan fingerprint density at radius 2 is 1.66 bits per heavy atom. The topological polar surface area (TPSA) is 75.1 Å². The van der Waals surface area contributed by atoms with Crippen LogP contribution in [0.15, 0.2) is 24.3 Å². The van der Waals surface area contributed by atoms with Crippen LogP contribution in [0.2, 0.25) is 0 Å². The molecule has 2 saturated heterocycles. The number of pyridine rings is 1. The number of nitrogens with zero attached hydrogens (tertiary/aromatic N) is 3. The first kappa shape index (κ1) is 31.3. The van der Waals surface area contributed by atoms with Gasteiger partial charge >= 0.3 is 5.97 Å². The Kier molecular flexibility index (Phi) is 9.70. The van der Waals surface area contributed by atoms with E-state index in [-0.39, 0.29) is 5.41 Å². The van der Waals surface area contributed by atoms with Gasteiger partial charge in [0, 0.05) is 42.1 Å². The molecule has 226 valence electrons. The van der Waals surface area contributed by atoms with Crippen molar-refractivity contribution in [2.75, 3.05) is 44.2 Å². The molecule has 41 heavy (non-hydrogen) atoms. The second kappa shape index (κ2) is 12.7. The Hall–Kier alpha value is -2.64. The van der Waals surface area contributed by atoms with Gasteiger partial charge in [-0.05, 0) is 102 Å². The van der Waals surface area contributed by atoms with E-state index < -0.39 is 17.7 Å². The zero-order chi connectivity index (χ0) is 29.9. The van der Waals surface area contributed by atoms with Crippen LogP contribution in [0.3, 0.4) is 0 Å². The molecule has 7 nitrogen and oxygen atoms in total. The standard InChI is InChI=1S/C34H51N3O4/c1-23-13-17-36(18-14-23)21-22-40-27-11-9-26(10-12-27)28-24(2)35-25(3)29(31(32(38)39)41-33(4,5)6)30(28)37-19-15-34(7,8)16-20-37/h9-12,23,31H,13-22H2,1-8H3,(H,38,39)/t31-/m0/s1. The fraction of sp³-hybridized carbons (Fsp3) is 0.647. The summed E-state index contributed by atoms with van der Waals surface area (Å²) in [4.78, 5) is 22.4. The number of aryl methyl sites for hydroxylation is 2. The Bertz CT molecular complexity index is 1180. The molecule has 2 aromatic rings. The van der Waals surface area contributed by atoms with Gasteiger partial charge in [-0.3, -0.25) is 9.88 Å². The van der Waals surface area contributed by atoms with Crippen molar-refractivity contribution < 1.29 is 19.4 Å². The van der Waals surface area contributed by atoms with Crippen LogP contribution < -0.4 is 9.64 Å². The van der Waals surface area contributed by atoms with E-state index in [1.165, 1.54) is 12.8 Å². The van der Waals surface area contributed by atoms with Crippen molar-refractivity contribution in [2.45, 2.75) is 92.8 Å². The summed E-state index contributed by atoms with van der Waals surface area (Å²) in [6.07, 6.45) is 3.48. The molecule has 2 aliphatic rings. The van der Waals surface area contributed by atoms with Crippen LogP contribution >= 0.6 is 0 Å². The van der Waals surface area contributed by atoms with Gasteiger partial charge in [0.1, 0.15) is 12.4 Å². The molecule has 0 amide bonds. The normalized spacial score (nSPS) is 19.3. The molecule has 2 fully saturated rings. The minimum Gasteiger partial charge on any atom is -0.492 e. The Morgan fingerprint density at radius 1 is 1.05 bits per heavy atom. The summed E-state index contributed by atoms with van der Waals surface area (Å²) in [5, 5.41) is 10.4. The molecule has 0 saturated carbocycles. The lowest BCUT2D eigenvalue weighted by Gasteiger charge is -2.41. The number of piperidine rings is 2. The monoisotopic (exact) mass is 565 g/mol. The summed E-state index contributed by atoms with van der Waals surface area (Å²) in [6.45, 7) is 22.2. The van der Waals surface area contributed by atoms with Crippen LogP contribution in [0.4, 0.5) is 5.69 Å². The molecule has 0 aliphatic carbocycles. The third-order valence-electron chi connectivity index (χ3n) is 8.67. The maximum absolute atomic E-state index is 12.7.